The highest BCUT2D eigenvalue weighted by Gasteiger charge is 2.39. The van der Waals surface area contributed by atoms with Gasteiger partial charge in [0.1, 0.15) is 11.6 Å². The topological polar surface area (TPSA) is 54.9 Å². The maximum Gasteiger partial charge on any atom is 0.191 e. The molecule has 0 bridgehead atoms. The monoisotopic (exact) mass is 523 g/mol. The van der Waals surface area contributed by atoms with Crippen molar-refractivity contribution < 1.29 is 18.3 Å². The lowest BCUT2D eigenvalue weighted by Gasteiger charge is -2.31. The highest BCUT2D eigenvalue weighted by atomic mass is 127. The average molecular weight is 523 g/mol. The molecule has 0 aromatic heterocycles. The molecule has 1 aliphatic heterocycles. The van der Waals surface area contributed by atoms with Crippen LogP contribution in [0.4, 0.5) is 8.78 Å². The van der Waals surface area contributed by atoms with Crippen LogP contribution >= 0.6 is 24.0 Å². The first-order valence-corrected chi connectivity index (χ1v) is 10.2. The summed E-state index contributed by atoms with van der Waals surface area (Å²) < 4.78 is 39.9. The second kappa shape index (κ2) is 12.0. The van der Waals surface area contributed by atoms with Crippen molar-refractivity contribution in [2.75, 3.05) is 40.0 Å². The molecule has 1 aromatic carbocycles. The molecule has 1 saturated carbocycles. The number of ether oxygens (including phenoxy) is 2. The summed E-state index contributed by atoms with van der Waals surface area (Å²) in [5.41, 5.74) is -0.318. The summed E-state index contributed by atoms with van der Waals surface area (Å²) >= 11 is 0. The van der Waals surface area contributed by atoms with E-state index in [2.05, 4.69) is 15.6 Å². The fraction of sp³-hybridized carbons (Fsp3) is 0.667. The molecule has 2 aliphatic rings. The Bertz CT molecular complexity index is 643. The van der Waals surface area contributed by atoms with Gasteiger partial charge in [0.15, 0.2) is 5.96 Å². The van der Waals surface area contributed by atoms with E-state index < -0.39 is 17.0 Å². The number of nitrogens with zero attached hydrogens (tertiary/aromatic N) is 1. The lowest BCUT2D eigenvalue weighted by Crippen LogP contribution is -2.45. The fourth-order valence-electron chi connectivity index (χ4n) is 4.22. The van der Waals surface area contributed by atoms with E-state index in [0.717, 1.165) is 45.1 Å². The molecule has 0 radical (unpaired) electrons. The van der Waals surface area contributed by atoms with Crippen LogP contribution in [0.5, 0.6) is 0 Å². The van der Waals surface area contributed by atoms with Crippen LogP contribution in [0.3, 0.4) is 0 Å². The molecule has 1 aliphatic carbocycles. The van der Waals surface area contributed by atoms with Crippen molar-refractivity contribution in [3.63, 3.8) is 0 Å². The molecule has 1 aromatic rings. The normalized spacial score (nSPS) is 21.1. The van der Waals surface area contributed by atoms with Crippen LogP contribution in [0.15, 0.2) is 23.2 Å². The van der Waals surface area contributed by atoms with E-state index in [1.165, 1.54) is 18.2 Å². The number of hydrogen-bond donors (Lipinski definition) is 2. The number of halogens is 3. The van der Waals surface area contributed by atoms with Crippen LogP contribution < -0.4 is 10.6 Å². The minimum Gasteiger partial charge on any atom is -0.379 e. The Hall–Kier alpha value is -1.000. The largest absolute Gasteiger partial charge is 0.379 e. The molecule has 29 heavy (non-hydrogen) atoms. The van der Waals surface area contributed by atoms with Gasteiger partial charge < -0.3 is 20.1 Å². The van der Waals surface area contributed by atoms with Crippen molar-refractivity contribution >= 4 is 29.9 Å². The Morgan fingerprint density at radius 1 is 1.24 bits per heavy atom. The Balaban J connectivity index is 0.00000300. The van der Waals surface area contributed by atoms with Gasteiger partial charge in [0.25, 0.3) is 0 Å². The molecule has 0 spiro atoms. The van der Waals surface area contributed by atoms with Gasteiger partial charge in [-0.2, -0.15) is 0 Å². The average Bonchev–Trinajstić information content (AvgIpc) is 3.36. The van der Waals surface area contributed by atoms with Crippen LogP contribution in [0.2, 0.25) is 0 Å². The number of nitrogens with one attached hydrogen (secondary N) is 2. The van der Waals surface area contributed by atoms with Crippen molar-refractivity contribution in [1.82, 2.24) is 10.6 Å². The molecular weight excluding hydrogens is 491 g/mol. The SMILES string of the molecule is CN=C(NCCCOC1CCOC1)NCC1(c2c(F)cccc2F)CCCC1.I. The second-order valence-electron chi connectivity index (χ2n) is 7.65. The Kier molecular flexibility index (Phi) is 10.0. The van der Waals surface area contributed by atoms with E-state index in [1.54, 1.807) is 7.05 Å². The highest BCUT2D eigenvalue weighted by molar-refractivity contribution is 14.0. The molecular formula is C21H32F2IN3O2. The smallest absolute Gasteiger partial charge is 0.191 e. The maximum absolute atomic E-state index is 14.4. The third kappa shape index (κ3) is 6.49. The minimum absolute atomic E-state index is 0. The van der Waals surface area contributed by atoms with Gasteiger partial charge in [-0.1, -0.05) is 18.9 Å². The summed E-state index contributed by atoms with van der Waals surface area (Å²) in [6, 6.07) is 4.12. The van der Waals surface area contributed by atoms with Gasteiger partial charge in [-0.05, 0) is 37.8 Å². The Morgan fingerprint density at radius 2 is 1.97 bits per heavy atom. The quantitative estimate of drug-likeness (QED) is 0.236. The molecule has 1 unspecified atom stereocenters. The lowest BCUT2D eigenvalue weighted by molar-refractivity contribution is 0.0420. The van der Waals surface area contributed by atoms with E-state index >= 15 is 0 Å². The third-order valence-electron chi connectivity index (χ3n) is 5.73. The number of rotatable bonds is 8. The van der Waals surface area contributed by atoms with Gasteiger partial charge in [-0.25, -0.2) is 8.78 Å². The van der Waals surface area contributed by atoms with Gasteiger partial charge in [0.05, 0.1) is 12.7 Å². The van der Waals surface area contributed by atoms with Gasteiger partial charge in [0, 0.05) is 44.3 Å². The molecule has 1 heterocycles. The summed E-state index contributed by atoms with van der Waals surface area (Å²) in [5, 5.41) is 6.54. The molecule has 164 valence electrons. The van der Waals surface area contributed by atoms with Gasteiger partial charge in [-0.15, -0.1) is 24.0 Å². The summed E-state index contributed by atoms with van der Waals surface area (Å²) in [7, 11) is 1.70. The summed E-state index contributed by atoms with van der Waals surface area (Å²) in [4.78, 5) is 4.24. The minimum atomic E-state index is -0.529. The molecule has 2 fully saturated rings. The second-order valence-corrected chi connectivity index (χ2v) is 7.65. The highest BCUT2D eigenvalue weighted by Crippen LogP contribution is 2.42. The van der Waals surface area contributed by atoms with Crippen molar-refractivity contribution in [1.29, 1.82) is 0 Å². The zero-order valence-corrected chi connectivity index (χ0v) is 19.3. The van der Waals surface area contributed by atoms with Crippen molar-refractivity contribution in [3.05, 3.63) is 35.4 Å². The maximum atomic E-state index is 14.4. The van der Waals surface area contributed by atoms with Gasteiger partial charge >= 0.3 is 0 Å². The molecule has 0 amide bonds. The molecule has 3 rings (SSSR count). The summed E-state index contributed by atoms with van der Waals surface area (Å²) in [5.74, 6) is -0.272. The van der Waals surface area contributed by atoms with E-state index in [9.17, 15) is 8.78 Å². The van der Waals surface area contributed by atoms with Crippen LogP contribution in [-0.2, 0) is 14.9 Å². The van der Waals surface area contributed by atoms with E-state index in [-0.39, 0.29) is 35.6 Å². The van der Waals surface area contributed by atoms with Gasteiger partial charge in [-0.3, -0.25) is 4.99 Å². The van der Waals surface area contributed by atoms with Crippen LogP contribution in [0.1, 0.15) is 44.1 Å². The standard InChI is InChI=1S/C21H31F2N3O2.HI/c1-24-20(25-11-5-12-28-16-8-13-27-14-16)26-15-21(9-2-3-10-21)19-17(22)6-4-7-18(19)23;/h4,6-7,16H,2-3,5,8-15H2,1H3,(H2,24,25,26);1H. The van der Waals surface area contributed by atoms with Crippen molar-refractivity contribution in [2.24, 2.45) is 4.99 Å². The Labute approximate surface area is 189 Å². The summed E-state index contributed by atoms with van der Waals surface area (Å²) in [6.45, 7) is 3.31. The molecule has 1 saturated heterocycles. The van der Waals surface area contributed by atoms with E-state index in [4.69, 9.17) is 9.47 Å². The van der Waals surface area contributed by atoms with Crippen molar-refractivity contribution in [3.8, 4) is 0 Å². The summed E-state index contributed by atoms with van der Waals surface area (Å²) in [6.07, 6.45) is 5.52. The van der Waals surface area contributed by atoms with E-state index in [0.29, 0.717) is 32.3 Å². The van der Waals surface area contributed by atoms with Crippen molar-refractivity contribution in [2.45, 2.75) is 50.0 Å². The number of aliphatic imine (C=N–C) groups is 1. The molecule has 2 N–H and O–H groups in total. The lowest BCUT2D eigenvalue weighted by atomic mass is 9.78. The predicted octanol–water partition coefficient (Wildman–Crippen LogP) is 3.76. The predicted molar refractivity (Wildman–Crippen MR) is 121 cm³/mol. The third-order valence-corrected chi connectivity index (χ3v) is 5.73. The van der Waals surface area contributed by atoms with E-state index in [1.807, 2.05) is 0 Å². The van der Waals surface area contributed by atoms with Crippen LogP contribution in [0.25, 0.3) is 0 Å². The number of hydrogen-bond acceptors (Lipinski definition) is 3. The zero-order valence-electron chi connectivity index (χ0n) is 17.0. The fourth-order valence-corrected chi connectivity index (χ4v) is 4.22. The van der Waals surface area contributed by atoms with Crippen LogP contribution in [0, 0.1) is 11.6 Å². The van der Waals surface area contributed by atoms with Gasteiger partial charge in [0.2, 0.25) is 0 Å². The zero-order chi connectivity index (χ0) is 19.8. The first-order chi connectivity index (χ1) is 13.6. The molecule has 8 heteroatoms. The number of benzene rings is 1. The first kappa shape index (κ1) is 24.3. The Morgan fingerprint density at radius 3 is 2.59 bits per heavy atom. The van der Waals surface area contributed by atoms with Crippen LogP contribution in [-0.4, -0.2) is 52.0 Å². The molecule has 5 nitrogen and oxygen atoms in total. The first-order valence-electron chi connectivity index (χ1n) is 10.2. The molecule has 1 atom stereocenters. The number of guanidine groups is 1.